The first kappa shape index (κ1) is 23.7. The Balaban J connectivity index is 0.00000169. The third-order valence-corrected chi connectivity index (χ3v) is 5.39. The Labute approximate surface area is 172 Å². The topological polar surface area (TPSA) is 15.7 Å². The van der Waals surface area contributed by atoms with Gasteiger partial charge in [0.15, 0.2) is 0 Å². The maximum atomic E-state index is 6.41. The first-order valence-corrected chi connectivity index (χ1v) is 9.91. The molecule has 2 heterocycles. The summed E-state index contributed by atoms with van der Waals surface area (Å²) in [4.78, 5) is 5.24. The molecule has 0 N–H and O–H groups in total. The van der Waals surface area contributed by atoms with Crippen LogP contribution in [0.4, 0.5) is 0 Å². The van der Waals surface area contributed by atoms with E-state index in [-0.39, 0.29) is 24.8 Å². The first-order valence-electron chi connectivity index (χ1n) is 9.91. The fraction of sp³-hybridized carbons (Fsp3) is 0.714. The summed E-state index contributed by atoms with van der Waals surface area (Å²) in [5.41, 5.74) is 2.62. The molecule has 1 aromatic carbocycles. The number of rotatable bonds is 7. The zero-order valence-corrected chi connectivity index (χ0v) is 17.8. The molecule has 3 rings (SSSR count). The summed E-state index contributed by atoms with van der Waals surface area (Å²) in [5.74, 6) is 0. The van der Waals surface area contributed by atoms with Gasteiger partial charge < -0.3 is 14.5 Å². The predicted molar refractivity (Wildman–Crippen MR) is 115 cm³/mol. The molecule has 0 saturated carbocycles. The van der Waals surface area contributed by atoms with Gasteiger partial charge in [0.2, 0.25) is 0 Å². The molecule has 0 spiro atoms. The minimum absolute atomic E-state index is 0. The number of benzene rings is 1. The lowest BCUT2D eigenvalue weighted by molar-refractivity contribution is -0.0118. The highest BCUT2D eigenvalue weighted by molar-refractivity contribution is 5.85. The second-order valence-electron chi connectivity index (χ2n) is 7.64. The quantitative estimate of drug-likeness (QED) is 0.657. The molecule has 0 unspecified atom stereocenters. The molecule has 26 heavy (non-hydrogen) atoms. The molecule has 150 valence electrons. The van der Waals surface area contributed by atoms with Gasteiger partial charge >= 0.3 is 0 Å². The van der Waals surface area contributed by atoms with Crippen LogP contribution in [0.2, 0.25) is 0 Å². The van der Waals surface area contributed by atoms with Crippen molar-refractivity contribution in [3.8, 4) is 0 Å². The summed E-state index contributed by atoms with van der Waals surface area (Å²) in [6.07, 6.45) is 8.56. The van der Waals surface area contributed by atoms with Gasteiger partial charge in [0.25, 0.3) is 0 Å². The second-order valence-corrected chi connectivity index (χ2v) is 7.64. The number of hydrogen-bond donors (Lipinski definition) is 0. The van der Waals surface area contributed by atoms with Crippen LogP contribution < -0.4 is 0 Å². The second kappa shape index (κ2) is 13.0. The van der Waals surface area contributed by atoms with Crippen molar-refractivity contribution in [1.29, 1.82) is 0 Å². The summed E-state index contributed by atoms with van der Waals surface area (Å²) >= 11 is 0. The molecule has 3 nitrogen and oxygen atoms in total. The Bertz CT molecular complexity index is 469. The summed E-state index contributed by atoms with van der Waals surface area (Å²) in [6, 6.07) is 8.73. The van der Waals surface area contributed by atoms with E-state index in [1.165, 1.54) is 75.8 Å². The summed E-state index contributed by atoms with van der Waals surface area (Å²) in [7, 11) is 0. The third kappa shape index (κ3) is 8.14. The summed E-state index contributed by atoms with van der Waals surface area (Å²) in [5, 5.41) is 0. The van der Waals surface area contributed by atoms with Gasteiger partial charge in [-0.2, -0.15) is 0 Å². The van der Waals surface area contributed by atoms with E-state index in [0.717, 1.165) is 19.7 Å². The highest BCUT2D eigenvalue weighted by Gasteiger charge is 2.21. The van der Waals surface area contributed by atoms with Crippen LogP contribution in [-0.4, -0.2) is 55.2 Å². The minimum Gasteiger partial charge on any atom is -0.371 e. The minimum atomic E-state index is 0. The average molecular weight is 403 g/mol. The summed E-state index contributed by atoms with van der Waals surface area (Å²) < 4.78 is 6.41. The van der Waals surface area contributed by atoms with Gasteiger partial charge in [0.05, 0.1) is 12.7 Å². The molecule has 1 aromatic rings. The van der Waals surface area contributed by atoms with E-state index < -0.39 is 0 Å². The molecule has 0 atom stereocenters. The van der Waals surface area contributed by atoms with E-state index in [9.17, 15) is 0 Å². The van der Waals surface area contributed by atoms with E-state index in [4.69, 9.17) is 4.74 Å². The first-order chi connectivity index (χ1) is 11.8. The van der Waals surface area contributed by atoms with E-state index in [1.807, 2.05) is 0 Å². The maximum absolute atomic E-state index is 6.41. The van der Waals surface area contributed by atoms with Crippen LogP contribution in [0.3, 0.4) is 0 Å². The molecule has 2 aliphatic heterocycles. The molecular formula is C21H36Cl2N2O. The fourth-order valence-electron chi connectivity index (χ4n) is 4.04. The average Bonchev–Trinajstić information content (AvgIpc) is 2.62. The lowest BCUT2D eigenvalue weighted by Crippen LogP contribution is -2.44. The van der Waals surface area contributed by atoms with Crippen molar-refractivity contribution < 1.29 is 4.74 Å². The van der Waals surface area contributed by atoms with Crippen molar-refractivity contribution >= 4 is 24.8 Å². The van der Waals surface area contributed by atoms with Gasteiger partial charge in [-0.1, -0.05) is 42.7 Å². The van der Waals surface area contributed by atoms with E-state index in [0.29, 0.717) is 6.10 Å². The zero-order chi connectivity index (χ0) is 16.6. The number of halogens is 2. The van der Waals surface area contributed by atoms with Gasteiger partial charge in [0.1, 0.15) is 0 Å². The van der Waals surface area contributed by atoms with Crippen LogP contribution in [0.5, 0.6) is 0 Å². The van der Waals surface area contributed by atoms with E-state index >= 15 is 0 Å². The number of ether oxygens (including phenoxy) is 1. The Hall–Kier alpha value is -0.320. The van der Waals surface area contributed by atoms with Crippen LogP contribution in [-0.2, 0) is 11.3 Å². The molecular weight excluding hydrogens is 367 g/mol. The summed E-state index contributed by atoms with van der Waals surface area (Å²) in [6.45, 7) is 10.1. The molecule has 5 heteroatoms. The number of piperidine rings is 2. The monoisotopic (exact) mass is 402 g/mol. The van der Waals surface area contributed by atoms with Crippen molar-refractivity contribution in [3.05, 3.63) is 35.4 Å². The lowest BCUT2D eigenvalue weighted by atomic mass is 10.1. The molecule has 2 saturated heterocycles. The molecule has 0 bridgehead atoms. The van der Waals surface area contributed by atoms with E-state index in [2.05, 4.69) is 41.0 Å². The van der Waals surface area contributed by atoms with Gasteiger partial charge in [-0.25, -0.2) is 0 Å². The van der Waals surface area contributed by atoms with Crippen molar-refractivity contribution in [2.75, 3.05) is 39.3 Å². The van der Waals surface area contributed by atoms with E-state index in [1.54, 1.807) is 0 Å². The van der Waals surface area contributed by atoms with Crippen molar-refractivity contribution in [2.45, 2.75) is 58.2 Å². The van der Waals surface area contributed by atoms with Gasteiger partial charge in [-0.05, 0) is 64.3 Å². The van der Waals surface area contributed by atoms with Crippen LogP contribution in [0.15, 0.2) is 24.3 Å². The number of likely N-dealkylation sites (tertiary alicyclic amines) is 2. The molecule has 0 aromatic heterocycles. The van der Waals surface area contributed by atoms with Crippen LogP contribution in [0.1, 0.15) is 49.7 Å². The maximum Gasteiger partial charge on any atom is 0.0833 e. The van der Waals surface area contributed by atoms with Gasteiger partial charge in [-0.15, -0.1) is 24.8 Å². The van der Waals surface area contributed by atoms with Crippen molar-refractivity contribution in [2.24, 2.45) is 0 Å². The number of hydrogen-bond acceptors (Lipinski definition) is 3. The Morgan fingerprint density at radius 3 is 1.88 bits per heavy atom. The smallest absolute Gasteiger partial charge is 0.0833 e. The Kier molecular flexibility index (Phi) is 11.8. The fourth-order valence-corrected chi connectivity index (χ4v) is 4.04. The normalized spacial score (nSPS) is 19.0. The Morgan fingerprint density at radius 2 is 1.38 bits per heavy atom. The van der Waals surface area contributed by atoms with Crippen LogP contribution >= 0.6 is 24.8 Å². The highest BCUT2D eigenvalue weighted by Crippen LogP contribution is 2.15. The standard InChI is InChI=1S/C21H34N2O.2ClH/c1-19-9-8-10-20(15-19)18-24-21(16-22-11-4-2-5-12-22)17-23-13-6-3-7-14-23;;/h8-10,15,21H,2-7,11-14,16-18H2,1H3;2*1H. The van der Waals surface area contributed by atoms with Crippen molar-refractivity contribution in [1.82, 2.24) is 9.80 Å². The molecule has 0 radical (unpaired) electrons. The van der Waals surface area contributed by atoms with Crippen molar-refractivity contribution in [3.63, 3.8) is 0 Å². The largest absolute Gasteiger partial charge is 0.371 e. The predicted octanol–water partition coefficient (Wildman–Crippen LogP) is 4.70. The zero-order valence-electron chi connectivity index (χ0n) is 16.2. The lowest BCUT2D eigenvalue weighted by Gasteiger charge is -2.34. The molecule has 2 aliphatic rings. The molecule has 0 amide bonds. The highest BCUT2D eigenvalue weighted by atomic mass is 35.5. The third-order valence-electron chi connectivity index (χ3n) is 5.39. The SMILES string of the molecule is Cc1cccc(COC(CN2CCCCC2)CN2CCCCC2)c1.Cl.Cl. The van der Waals surface area contributed by atoms with Crippen LogP contribution in [0, 0.1) is 6.92 Å². The van der Waals surface area contributed by atoms with Crippen LogP contribution in [0.25, 0.3) is 0 Å². The van der Waals surface area contributed by atoms with Gasteiger partial charge in [-0.3, -0.25) is 0 Å². The molecule has 2 fully saturated rings. The Morgan fingerprint density at radius 1 is 0.846 bits per heavy atom. The van der Waals surface area contributed by atoms with Gasteiger partial charge in [0, 0.05) is 13.1 Å². The molecule has 0 aliphatic carbocycles. The number of aryl methyl sites for hydroxylation is 1. The number of nitrogens with zero attached hydrogens (tertiary/aromatic N) is 2.